The predicted molar refractivity (Wildman–Crippen MR) is 58.4 cm³/mol. The minimum atomic E-state index is -1.08. The predicted octanol–water partition coefficient (Wildman–Crippen LogP) is -1.55. The van der Waals surface area contributed by atoms with Crippen LogP contribution >= 0.6 is 0 Å². The van der Waals surface area contributed by atoms with E-state index in [4.69, 9.17) is 19.8 Å². The molecule has 0 amide bonds. The second kappa shape index (κ2) is 36.1. The zero-order chi connectivity index (χ0) is 12.0. The first kappa shape index (κ1) is 36.0. The molecule has 0 radical (unpaired) electrons. The van der Waals surface area contributed by atoms with Gasteiger partial charge in [-0.2, -0.15) is 0 Å². The van der Waals surface area contributed by atoms with Gasteiger partial charge in [-0.1, -0.05) is 39.5 Å². The fourth-order valence-electron chi connectivity index (χ4n) is 0.500. The van der Waals surface area contributed by atoms with E-state index < -0.39 is 11.9 Å². The monoisotopic (exact) mass is 304 g/mol. The van der Waals surface area contributed by atoms with Crippen molar-refractivity contribution in [2.75, 3.05) is 0 Å². The van der Waals surface area contributed by atoms with E-state index in [1.807, 2.05) is 0 Å². The Morgan fingerprint density at radius 2 is 0.941 bits per heavy atom. The summed E-state index contributed by atoms with van der Waals surface area (Å²) in [6.45, 7) is 6.41. The van der Waals surface area contributed by atoms with Crippen molar-refractivity contribution in [1.82, 2.24) is 0 Å². The van der Waals surface area contributed by atoms with Crippen molar-refractivity contribution in [3.8, 4) is 0 Å². The first-order chi connectivity index (χ1) is 6.38. The minimum Gasteiger partial charge on any atom is -0.550 e. The van der Waals surface area contributed by atoms with Gasteiger partial charge in [0, 0.05) is 11.9 Å². The molecule has 0 atom stereocenters. The number of aliphatic carboxylic acids is 2. The van der Waals surface area contributed by atoms with Crippen molar-refractivity contribution in [2.24, 2.45) is 0 Å². The van der Waals surface area contributed by atoms with E-state index in [1.165, 1.54) is 25.7 Å². The Bertz CT molecular complexity index is 117. The first-order valence-corrected chi connectivity index (χ1v) is 4.73. The molecule has 0 bridgehead atoms. The van der Waals surface area contributed by atoms with Crippen LogP contribution in [-0.4, -0.2) is 22.9 Å². The van der Waals surface area contributed by atoms with Gasteiger partial charge < -0.3 is 30.8 Å². The molecule has 0 saturated carbocycles. The standard InChI is InChI=1S/C6H14.2C2H4O2.2H2O.Zn/c1-3-5-6-4-2;2*1-2(3)4;;;/h3-6H2,1-2H3;2*1H3,(H,3,4);2*1H2;/q;;;;;+2/p-2. The van der Waals surface area contributed by atoms with E-state index in [9.17, 15) is 0 Å². The second-order valence-electron chi connectivity index (χ2n) is 2.69. The van der Waals surface area contributed by atoms with E-state index >= 15 is 0 Å². The summed E-state index contributed by atoms with van der Waals surface area (Å²) in [5, 5.41) is 17.8. The third kappa shape index (κ3) is 456. The maximum Gasteiger partial charge on any atom is 2.00 e. The van der Waals surface area contributed by atoms with Crippen LogP contribution in [0.2, 0.25) is 0 Å². The second-order valence-corrected chi connectivity index (χ2v) is 2.69. The smallest absolute Gasteiger partial charge is 0.550 e. The number of carboxylic acid groups (broad SMARTS) is 2. The molecule has 7 heteroatoms. The molecule has 0 unspecified atom stereocenters. The van der Waals surface area contributed by atoms with Crippen LogP contribution in [0.5, 0.6) is 0 Å². The molecular formula is C10H24O6Zn. The van der Waals surface area contributed by atoms with Crippen molar-refractivity contribution in [1.29, 1.82) is 0 Å². The van der Waals surface area contributed by atoms with Gasteiger partial charge in [-0.3, -0.25) is 0 Å². The third-order valence-electron chi connectivity index (χ3n) is 0.957. The van der Waals surface area contributed by atoms with E-state index in [-0.39, 0.29) is 30.4 Å². The molecule has 0 aliphatic carbocycles. The summed E-state index contributed by atoms with van der Waals surface area (Å²) in [5.74, 6) is -2.17. The first-order valence-electron chi connectivity index (χ1n) is 4.73. The van der Waals surface area contributed by atoms with Gasteiger partial charge >= 0.3 is 19.5 Å². The van der Waals surface area contributed by atoms with Crippen LogP contribution in [0.3, 0.4) is 0 Å². The Morgan fingerprint density at radius 1 is 0.824 bits per heavy atom. The van der Waals surface area contributed by atoms with E-state index in [2.05, 4.69) is 13.8 Å². The van der Waals surface area contributed by atoms with Crippen LogP contribution in [-0.2, 0) is 29.1 Å². The van der Waals surface area contributed by atoms with Crippen LogP contribution < -0.4 is 10.2 Å². The largest absolute Gasteiger partial charge is 2.00 e. The molecule has 0 aliphatic rings. The van der Waals surface area contributed by atoms with Crippen LogP contribution in [0, 0.1) is 0 Å². The summed E-state index contributed by atoms with van der Waals surface area (Å²) in [4.78, 5) is 17.8. The van der Waals surface area contributed by atoms with Crippen LogP contribution in [0.4, 0.5) is 0 Å². The zero-order valence-corrected chi connectivity index (χ0v) is 14.1. The van der Waals surface area contributed by atoms with Crippen molar-refractivity contribution in [2.45, 2.75) is 53.4 Å². The topological polar surface area (TPSA) is 143 Å². The molecular weight excluding hydrogens is 281 g/mol. The number of carboxylic acids is 2. The number of carbonyl (C=O) groups excluding carboxylic acids is 2. The summed E-state index contributed by atoms with van der Waals surface area (Å²) in [6.07, 6.45) is 5.54. The van der Waals surface area contributed by atoms with Crippen molar-refractivity contribution in [3.63, 3.8) is 0 Å². The Morgan fingerprint density at radius 3 is 1.00 bits per heavy atom. The molecule has 0 aromatic rings. The van der Waals surface area contributed by atoms with Crippen molar-refractivity contribution >= 4 is 11.9 Å². The Hall–Kier alpha value is -0.517. The molecule has 0 aromatic heterocycles. The molecule has 0 aromatic carbocycles. The molecule has 4 N–H and O–H groups in total. The zero-order valence-electron chi connectivity index (χ0n) is 11.2. The number of unbranched alkanes of at least 4 members (excludes halogenated alkanes) is 3. The Balaban J connectivity index is -0.0000000252. The van der Waals surface area contributed by atoms with E-state index in [1.54, 1.807) is 0 Å². The fourth-order valence-corrected chi connectivity index (χ4v) is 0.500. The molecule has 102 valence electrons. The normalized spacial score (nSPS) is 6.12. The van der Waals surface area contributed by atoms with E-state index in [0.29, 0.717) is 0 Å². The number of rotatable bonds is 3. The summed E-state index contributed by atoms with van der Waals surface area (Å²) in [5.41, 5.74) is 0. The molecule has 6 nitrogen and oxygen atoms in total. The summed E-state index contributed by atoms with van der Waals surface area (Å²) in [6, 6.07) is 0. The maximum absolute atomic E-state index is 8.89. The quantitative estimate of drug-likeness (QED) is 0.459. The van der Waals surface area contributed by atoms with Gasteiger partial charge in [-0.05, 0) is 13.8 Å². The Kier molecular flexibility index (Phi) is 76.4. The molecule has 0 rings (SSSR count). The van der Waals surface area contributed by atoms with Gasteiger partial charge in [0.05, 0.1) is 0 Å². The van der Waals surface area contributed by atoms with Crippen molar-refractivity contribution in [3.05, 3.63) is 0 Å². The van der Waals surface area contributed by atoms with Crippen molar-refractivity contribution < 1.29 is 50.2 Å². The maximum atomic E-state index is 8.89. The number of carbonyl (C=O) groups is 2. The third-order valence-corrected chi connectivity index (χ3v) is 0.957. The Labute approximate surface area is 116 Å². The summed E-state index contributed by atoms with van der Waals surface area (Å²) >= 11 is 0. The number of hydrogen-bond donors (Lipinski definition) is 0. The molecule has 0 aliphatic heterocycles. The van der Waals surface area contributed by atoms with Gasteiger partial charge in [-0.25, -0.2) is 0 Å². The molecule has 0 heterocycles. The van der Waals surface area contributed by atoms with Gasteiger partial charge in [0.15, 0.2) is 0 Å². The molecule has 0 saturated heterocycles. The average Bonchev–Trinajstić information content (AvgIpc) is 1.98. The molecule has 0 fully saturated rings. The SMILES string of the molecule is CC(=O)[O-].CC(=O)[O-].CCCCCC.O.O.[Zn+2]. The summed E-state index contributed by atoms with van der Waals surface area (Å²) < 4.78 is 0. The van der Waals surface area contributed by atoms with Gasteiger partial charge in [0.2, 0.25) is 0 Å². The van der Waals surface area contributed by atoms with Crippen LogP contribution in [0.1, 0.15) is 53.4 Å². The fraction of sp³-hybridized carbons (Fsp3) is 0.800. The van der Waals surface area contributed by atoms with E-state index in [0.717, 1.165) is 13.8 Å². The average molecular weight is 306 g/mol. The summed E-state index contributed by atoms with van der Waals surface area (Å²) in [7, 11) is 0. The minimum absolute atomic E-state index is 0. The van der Waals surface area contributed by atoms with Gasteiger partial charge in [0.25, 0.3) is 0 Å². The molecule has 17 heavy (non-hydrogen) atoms. The molecule has 0 spiro atoms. The van der Waals surface area contributed by atoms with Crippen LogP contribution in [0.25, 0.3) is 0 Å². The van der Waals surface area contributed by atoms with Gasteiger partial charge in [0.1, 0.15) is 0 Å². The van der Waals surface area contributed by atoms with Gasteiger partial charge in [-0.15, -0.1) is 0 Å². The number of hydrogen-bond acceptors (Lipinski definition) is 4. The van der Waals surface area contributed by atoms with Crippen LogP contribution in [0.15, 0.2) is 0 Å².